The number of benzene rings is 4. The molecule has 3 nitrogen and oxygen atoms in total. The van der Waals surface area contributed by atoms with Gasteiger partial charge in [-0.2, -0.15) is 0 Å². The highest BCUT2D eigenvalue weighted by atomic mass is 16.3. The van der Waals surface area contributed by atoms with Crippen LogP contribution in [0.1, 0.15) is 84.7 Å². The maximum absolute atomic E-state index is 13.7. The van der Waals surface area contributed by atoms with Gasteiger partial charge in [-0.25, -0.2) is 0 Å². The molecule has 0 radical (unpaired) electrons. The van der Waals surface area contributed by atoms with Crippen molar-refractivity contribution in [1.82, 2.24) is 0 Å². The van der Waals surface area contributed by atoms with E-state index in [1.807, 2.05) is 24.3 Å². The monoisotopic (exact) mass is 506 g/mol. The third kappa shape index (κ3) is 7.13. The van der Waals surface area contributed by atoms with Crippen molar-refractivity contribution in [3.8, 4) is 11.5 Å². The maximum atomic E-state index is 13.7. The first-order valence-electron chi connectivity index (χ1n) is 13.7. The quantitative estimate of drug-likeness (QED) is 0.203. The van der Waals surface area contributed by atoms with Crippen LogP contribution in [0.5, 0.6) is 11.5 Å². The highest BCUT2D eigenvalue weighted by molar-refractivity contribution is 5.81. The molecule has 0 heterocycles. The lowest BCUT2D eigenvalue weighted by Crippen LogP contribution is -2.13. The Bertz CT molecular complexity index is 1180. The summed E-state index contributed by atoms with van der Waals surface area (Å²) in [4.78, 5) is 13.7. The summed E-state index contributed by atoms with van der Waals surface area (Å²) in [5.41, 5.74) is 6.84. The topological polar surface area (TPSA) is 57.5 Å². The number of aryl methyl sites for hydroxylation is 2. The predicted molar refractivity (Wildman–Crippen MR) is 155 cm³/mol. The van der Waals surface area contributed by atoms with E-state index < -0.39 is 0 Å². The van der Waals surface area contributed by atoms with Crippen LogP contribution in [0, 0.1) is 0 Å². The second-order valence-electron chi connectivity index (χ2n) is 10.2. The van der Waals surface area contributed by atoms with Gasteiger partial charge in [0.1, 0.15) is 17.3 Å². The Kier molecular flexibility index (Phi) is 9.37. The second kappa shape index (κ2) is 13.1. The molecule has 4 rings (SSSR count). The molecule has 3 heteroatoms. The Hall–Kier alpha value is -3.85. The molecule has 0 aromatic heterocycles. The van der Waals surface area contributed by atoms with Crippen LogP contribution in [0.4, 0.5) is 0 Å². The van der Waals surface area contributed by atoms with Crippen molar-refractivity contribution in [3.05, 3.63) is 130 Å². The summed E-state index contributed by atoms with van der Waals surface area (Å²) in [5.74, 6) is 0.431. The van der Waals surface area contributed by atoms with Crippen LogP contribution in [0.25, 0.3) is 0 Å². The van der Waals surface area contributed by atoms with Crippen molar-refractivity contribution >= 4 is 5.78 Å². The molecule has 2 atom stereocenters. The van der Waals surface area contributed by atoms with E-state index >= 15 is 0 Å². The molecule has 0 aliphatic carbocycles. The van der Waals surface area contributed by atoms with Gasteiger partial charge in [0.15, 0.2) is 0 Å². The molecule has 0 spiro atoms. The second-order valence-corrected chi connectivity index (χ2v) is 10.2. The van der Waals surface area contributed by atoms with Crippen LogP contribution in [-0.2, 0) is 17.6 Å². The number of carbonyl (C=O) groups excluding carboxylic acids is 1. The Labute approximate surface area is 226 Å². The molecule has 0 saturated carbocycles. The smallest absolute Gasteiger partial charge is 0.134 e. The van der Waals surface area contributed by atoms with Gasteiger partial charge in [0.25, 0.3) is 0 Å². The third-order valence-electron chi connectivity index (χ3n) is 7.30. The molecule has 2 N–H and O–H groups in total. The minimum absolute atomic E-state index is 0.0915. The number of aromatic hydroxyl groups is 2. The van der Waals surface area contributed by atoms with Crippen molar-refractivity contribution < 1.29 is 15.0 Å². The number of phenols is 2. The lowest BCUT2D eigenvalue weighted by molar-refractivity contribution is -0.119. The van der Waals surface area contributed by atoms with Crippen LogP contribution in [0.3, 0.4) is 0 Å². The minimum atomic E-state index is -0.0915. The van der Waals surface area contributed by atoms with Gasteiger partial charge < -0.3 is 10.2 Å². The first-order chi connectivity index (χ1) is 18.5. The molecule has 4 aromatic carbocycles. The molecule has 2 unspecified atom stereocenters. The summed E-state index contributed by atoms with van der Waals surface area (Å²) in [6.07, 6.45) is 5.01. The van der Waals surface area contributed by atoms with Gasteiger partial charge in [-0.1, -0.05) is 99.5 Å². The van der Waals surface area contributed by atoms with E-state index in [9.17, 15) is 15.0 Å². The summed E-state index contributed by atoms with van der Waals surface area (Å²) < 4.78 is 0. The summed E-state index contributed by atoms with van der Waals surface area (Å²) in [6, 6.07) is 31.6. The van der Waals surface area contributed by atoms with Gasteiger partial charge in [0.2, 0.25) is 0 Å². The summed E-state index contributed by atoms with van der Waals surface area (Å²) in [5, 5.41) is 19.7. The van der Waals surface area contributed by atoms with Crippen LogP contribution in [-0.4, -0.2) is 16.0 Å². The first-order valence-corrected chi connectivity index (χ1v) is 13.7. The van der Waals surface area contributed by atoms with Gasteiger partial charge in [0.05, 0.1) is 0 Å². The largest absolute Gasteiger partial charge is 0.508 e. The predicted octanol–water partition coefficient (Wildman–Crippen LogP) is 8.32. The Balaban J connectivity index is 1.61. The molecule has 38 heavy (non-hydrogen) atoms. The number of carbonyl (C=O) groups is 1. The van der Waals surface area contributed by atoms with E-state index in [2.05, 4.69) is 62.4 Å². The zero-order valence-corrected chi connectivity index (χ0v) is 22.4. The van der Waals surface area contributed by atoms with Crippen molar-refractivity contribution in [2.24, 2.45) is 0 Å². The molecule has 4 aromatic rings. The van der Waals surface area contributed by atoms with E-state index in [1.165, 1.54) is 11.1 Å². The summed E-state index contributed by atoms with van der Waals surface area (Å²) >= 11 is 0. The minimum Gasteiger partial charge on any atom is -0.508 e. The zero-order valence-electron chi connectivity index (χ0n) is 22.4. The van der Waals surface area contributed by atoms with Gasteiger partial charge in [-0.3, -0.25) is 4.79 Å². The molecular formula is C35H38O3. The lowest BCUT2D eigenvalue weighted by atomic mass is 9.81. The van der Waals surface area contributed by atoms with Crippen LogP contribution in [0.15, 0.2) is 97.1 Å². The summed E-state index contributed by atoms with van der Waals surface area (Å²) in [6.45, 7) is 4.35. The normalized spacial score (nSPS) is 12.7. The average Bonchev–Trinajstić information content (AvgIpc) is 2.93. The van der Waals surface area contributed by atoms with E-state index in [1.54, 1.807) is 24.3 Å². The van der Waals surface area contributed by atoms with Gasteiger partial charge in [-0.05, 0) is 70.5 Å². The highest BCUT2D eigenvalue weighted by Crippen LogP contribution is 2.34. The van der Waals surface area contributed by atoms with Crippen molar-refractivity contribution in [3.63, 3.8) is 0 Å². The van der Waals surface area contributed by atoms with Gasteiger partial charge in [-0.15, -0.1) is 0 Å². The molecule has 196 valence electrons. The van der Waals surface area contributed by atoms with Crippen molar-refractivity contribution in [1.29, 1.82) is 0 Å². The molecule has 0 amide bonds. The van der Waals surface area contributed by atoms with E-state index in [-0.39, 0.29) is 29.1 Å². The third-order valence-corrected chi connectivity index (χ3v) is 7.30. The van der Waals surface area contributed by atoms with Gasteiger partial charge >= 0.3 is 0 Å². The fourth-order valence-corrected chi connectivity index (χ4v) is 5.22. The highest BCUT2D eigenvalue weighted by Gasteiger charge is 2.23. The lowest BCUT2D eigenvalue weighted by Gasteiger charge is -2.22. The van der Waals surface area contributed by atoms with E-state index in [0.717, 1.165) is 47.9 Å². The Morgan fingerprint density at radius 3 is 1.11 bits per heavy atom. The van der Waals surface area contributed by atoms with Crippen molar-refractivity contribution in [2.75, 3.05) is 0 Å². The number of Topliss-reactive ketones (excluding diaryl/α,β-unsaturated/α-hetero) is 1. The Morgan fingerprint density at radius 1 is 0.526 bits per heavy atom. The molecule has 0 aliphatic heterocycles. The van der Waals surface area contributed by atoms with Crippen LogP contribution < -0.4 is 0 Å². The first kappa shape index (κ1) is 27.2. The van der Waals surface area contributed by atoms with E-state index in [4.69, 9.17) is 0 Å². The van der Waals surface area contributed by atoms with Crippen LogP contribution in [0.2, 0.25) is 0 Å². The molecule has 0 aliphatic rings. The number of hydrogen-bond acceptors (Lipinski definition) is 3. The molecule has 0 fully saturated rings. The fourth-order valence-electron chi connectivity index (χ4n) is 5.22. The van der Waals surface area contributed by atoms with Crippen molar-refractivity contribution in [2.45, 2.75) is 64.2 Å². The Morgan fingerprint density at radius 2 is 0.816 bits per heavy atom. The standard InChI is InChI=1S/C35H38O3/c1-3-5-25-7-11-27(12-8-25)34(29-15-19-31(36)20-16-29)23-33(38)24-35(30-17-21-32(37)22-18-30)28-13-9-26(6-4-2)10-14-28/h7-22,34-37H,3-6,23-24H2,1-2H3. The SMILES string of the molecule is CCCc1ccc(C(CC(=O)CC(c2ccc(O)cc2)c2ccc(CCC)cc2)c2ccc(O)cc2)cc1. The van der Waals surface area contributed by atoms with Crippen LogP contribution >= 0.6 is 0 Å². The number of rotatable bonds is 12. The molecular weight excluding hydrogens is 468 g/mol. The summed E-state index contributed by atoms with van der Waals surface area (Å²) in [7, 11) is 0. The molecule has 0 saturated heterocycles. The fraction of sp³-hybridized carbons (Fsp3) is 0.286. The zero-order chi connectivity index (χ0) is 26.9. The number of ketones is 1. The van der Waals surface area contributed by atoms with Gasteiger partial charge in [0, 0.05) is 24.7 Å². The number of phenolic OH excluding ortho intramolecular Hbond substituents is 2. The number of hydrogen-bond donors (Lipinski definition) is 2. The average molecular weight is 507 g/mol. The molecule has 0 bridgehead atoms. The maximum Gasteiger partial charge on any atom is 0.134 e. The van der Waals surface area contributed by atoms with E-state index in [0.29, 0.717) is 12.8 Å².